The van der Waals surface area contributed by atoms with Gasteiger partial charge in [-0.25, -0.2) is 12.8 Å². The summed E-state index contributed by atoms with van der Waals surface area (Å²) < 4.78 is 68.2. The van der Waals surface area contributed by atoms with Gasteiger partial charge in [0.15, 0.2) is 11.6 Å². The van der Waals surface area contributed by atoms with Crippen LogP contribution in [0.25, 0.3) is 0 Å². The van der Waals surface area contributed by atoms with E-state index in [1.54, 1.807) is 6.07 Å². The zero-order valence-corrected chi connectivity index (χ0v) is 13.2. The fraction of sp³-hybridized carbons (Fsp3) is 0.0909. The van der Waals surface area contributed by atoms with E-state index in [-0.39, 0.29) is 9.90 Å². The number of ether oxygens (including phenoxy) is 1. The smallest absolute Gasteiger partial charge is 0.387 e. The van der Waals surface area contributed by atoms with Crippen LogP contribution in [0.5, 0.6) is 5.75 Å². The number of halogens is 4. The van der Waals surface area contributed by atoms with Crippen LogP contribution in [0.3, 0.4) is 0 Å². The van der Waals surface area contributed by atoms with Gasteiger partial charge in [-0.1, -0.05) is 0 Å². The highest BCUT2D eigenvalue weighted by molar-refractivity contribution is 9.11. The molecule has 0 radical (unpaired) electrons. The molecule has 1 aromatic heterocycles. The van der Waals surface area contributed by atoms with Gasteiger partial charge in [0.2, 0.25) is 0 Å². The second-order valence-corrected chi connectivity index (χ2v) is 8.06. The van der Waals surface area contributed by atoms with Crippen LogP contribution in [0.15, 0.2) is 38.3 Å². The van der Waals surface area contributed by atoms with Gasteiger partial charge in [-0.05, 0) is 40.2 Å². The van der Waals surface area contributed by atoms with Crippen molar-refractivity contribution in [3.8, 4) is 5.75 Å². The van der Waals surface area contributed by atoms with E-state index in [4.69, 9.17) is 0 Å². The summed E-state index contributed by atoms with van der Waals surface area (Å²) in [5.41, 5.74) is -0.0985. The van der Waals surface area contributed by atoms with Gasteiger partial charge in [0.25, 0.3) is 10.0 Å². The normalized spacial score (nSPS) is 11.7. The largest absolute Gasteiger partial charge is 0.432 e. The summed E-state index contributed by atoms with van der Waals surface area (Å²) in [7, 11) is -3.86. The molecular weight excluding hydrogens is 395 g/mol. The maximum Gasteiger partial charge on any atom is 0.387 e. The summed E-state index contributed by atoms with van der Waals surface area (Å²) in [5, 5.41) is 0. The highest BCUT2D eigenvalue weighted by Gasteiger charge is 2.18. The molecule has 0 spiro atoms. The lowest BCUT2D eigenvalue weighted by Crippen LogP contribution is -2.12. The highest BCUT2D eigenvalue weighted by atomic mass is 79.9. The highest BCUT2D eigenvalue weighted by Crippen LogP contribution is 2.29. The van der Waals surface area contributed by atoms with Crippen molar-refractivity contribution >= 4 is 43.0 Å². The number of sulfonamides is 1. The molecule has 2 aromatic rings. The van der Waals surface area contributed by atoms with Crippen molar-refractivity contribution in [2.24, 2.45) is 0 Å². The fourth-order valence-electron chi connectivity index (χ4n) is 1.40. The molecule has 1 heterocycles. The number of hydrogen-bond acceptors (Lipinski definition) is 4. The average Bonchev–Trinajstić information content (AvgIpc) is 2.79. The summed E-state index contributed by atoms with van der Waals surface area (Å²) >= 11 is 4.11. The minimum Gasteiger partial charge on any atom is -0.432 e. The van der Waals surface area contributed by atoms with Gasteiger partial charge in [-0.3, -0.25) is 4.72 Å². The Kier molecular flexibility index (Phi) is 4.79. The van der Waals surface area contributed by atoms with Gasteiger partial charge in [0.05, 0.1) is 9.47 Å². The first-order valence-electron chi connectivity index (χ1n) is 5.30. The van der Waals surface area contributed by atoms with Crippen LogP contribution < -0.4 is 9.46 Å². The third kappa shape index (κ3) is 4.11. The molecule has 1 N–H and O–H groups in total. The van der Waals surface area contributed by atoms with Crippen LogP contribution in [0.1, 0.15) is 0 Å². The molecule has 0 unspecified atom stereocenters. The third-order valence-electron chi connectivity index (χ3n) is 2.21. The fourth-order valence-corrected chi connectivity index (χ4v) is 4.46. The number of hydrogen-bond donors (Lipinski definition) is 1. The predicted molar refractivity (Wildman–Crippen MR) is 75.9 cm³/mol. The first-order chi connectivity index (χ1) is 9.78. The van der Waals surface area contributed by atoms with Crippen LogP contribution >= 0.6 is 27.3 Å². The van der Waals surface area contributed by atoms with Crippen LogP contribution in [-0.4, -0.2) is 15.0 Å². The van der Waals surface area contributed by atoms with Gasteiger partial charge in [-0.15, -0.1) is 11.3 Å². The van der Waals surface area contributed by atoms with Gasteiger partial charge in [-0.2, -0.15) is 8.78 Å². The van der Waals surface area contributed by atoms with Crippen molar-refractivity contribution in [3.05, 3.63) is 39.9 Å². The van der Waals surface area contributed by atoms with Gasteiger partial charge >= 0.3 is 6.61 Å². The van der Waals surface area contributed by atoms with Crippen molar-refractivity contribution in [2.75, 3.05) is 4.72 Å². The molecule has 114 valence electrons. The zero-order valence-electron chi connectivity index (χ0n) is 10.0. The molecule has 0 aliphatic rings. The van der Waals surface area contributed by atoms with E-state index in [2.05, 4.69) is 25.4 Å². The standard InChI is InChI=1S/C11H7BrF3NO3S2/c12-9-3-4-10(20-9)21(17,18)16-6-1-2-8(7(13)5-6)19-11(14)15/h1-5,11,16H. The Morgan fingerprint density at radius 1 is 1.24 bits per heavy atom. The molecule has 1 aromatic carbocycles. The summed E-state index contributed by atoms with van der Waals surface area (Å²) in [4.78, 5) is 0. The van der Waals surface area contributed by atoms with Crippen molar-refractivity contribution in [1.29, 1.82) is 0 Å². The van der Waals surface area contributed by atoms with Crippen molar-refractivity contribution < 1.29 is 26.3 Å². The minimum atomic E-state index is -3.86. The Balaban J connectivity index is 2.22. The summed E-state index contributed by atoms with van der Waals surface area (Å²) in [6, 6.07) is 5.74. The monoisotopic (exact) mass is 401 g/mol. The molecule has 4 nitrogen and oxygen atoms in total. The Labute approximate surface area is 130 Å². The first kappa shape index (κ1) is 16.1. The molecular formula is C11H7BrF3NO3S2. The summed E-state index contributed by atoms with van der Waals surface area (Å²) in [6.07, 6.45) is 0. The topological polar surface area (TPSA) is 55.4 Å². The Hall–Kier alpha value is -1.26. The molecule has 0 bridgehead atoms. The zero-order chi connectivity index (χ0) is 15.6. The Morgan fingerprint density at radius 3 is 2.48 bits per heavy atom. The minimum absolute atomic E-state index is 0.0303. The molecule has 0 amide bonds. The van der Waals surface area contributed by atoms with Crippen molar-refractivity contribution in [3.63, 3.8) is 0 Å². The molecule has 0 aliphatic heterocycles. The van der Waals surface area contributed by atoms with E-state index in [0.717, 1.165) is 29.5 Å². The first-order valence-corrected chi connectivity index (χ1v) is 8.40. The number of nitrogens with one attached hydrogen (secondary N) is 1. The van der Waals surface area contributed by atoms with E-state index in [0.29, 0.717) is 3.79 Å². The summed E-state index contributed by atoms with van der Waals surface area (Å²) in [5.74, 6) is -1.75. The van der Waals surface area contributed by atoms with E-state index >= 15 is 0 Å². The summed E-state index contributed by atoms with van der Waals surface area (Å²) in [6.45, 7) is -3.16. The van der Waals surface area contributed by atoms with Gasteiger partial charge in [0.1, 0.15) is 4.21 Å². The molecule has 10 heteroatoms. The van der Waals surface area contributed by atoms with E-state index in [9.17, 15) is 21.6 Å². The Bertz CT molecular complexity index is 749. The van der Waals surface area contributed by atoms with Crippen molar-refractivity contribution in [2.45, 2.75) is 10.8 Å². The van der Waals surface area contributed by atoms with Crippen LogP contribution in [0, 0.1) is 5.82 Å². The molecule has 0 atom stereocenters. The second-order valence-electron chi connectivity index (χ2n) is 3.69. The van der Waals surface area contributed by atoms with Gasteiger partial charge in [0, 0.05) is 6.07 Å². The lowest BCUT2D eigenvalue weighted by molar-refractivity contribution is -0.0521. The molecule has 0 aliphatic carbocycles. The molecule has 0 saturated heterocycles. The van der Waals surface area contributed by atoms with Crippen molar-refractivity contribution in [1.82, 2.24) is 0 Å². The number of anilines is 1. The third-order valence-corrected chi connectivity index (χ3v) is 5.71. The number of thiophene rings is 1. The van der Waals surface area contributed by atoms with Crippen LogP contribution in [-0.2, 0) is 10.0 Å². The van der Waals surface area contributed by atoms with E-state index in [1.165, 1.54) is 6.07 Å². The average molecular weight is 402 g/mol. The van der Waals surface area contributed by atoms with Gasteiger partial charge < -0.3 is 4.74 Å². The Morgan fingerprint density at radius 2 is 1.95 bits per heavy atom. The molecule has 0 saturated carbocycles. The lowest BCUT2D eigenvalue weighted by atomic mass is 10.3. The maximum atomic E-state index is 13.5. The number of benzene rings is 1. The second kappa shape index (κ2) is 6.24. The quantitative estimate of drug-likeness (QED) is 0.821. The number of rotatable bonds is 5. The molecule has 0 fully saturated rings. The van der Waals surface area contributed by atoms with E-state index < -0.39 is 28.2 Å². The number of alkyl halides is 2. The molecule has 2 rings (SSSR count). The SMILES string of the molecule is O=S(=O)(Nc1ccc(OC(F)F)c(F)c1)c1ccc(Br)s1. The van der Waals surface area contributed by atoms with Crippen LogP contribution in [0.4, 0.5) is 18.9 Å². The molecule has 21 heavy (non-hydrogen) atoms. The predicted octanol–water partition coefficient (Wildman–Crippen LogP) is 4.05. The lowest BCUT2D eigenvalue weighted by Gasteiger charge is -2.09. The van der Waals surface area contributed by atoms with E-state index in [1.807, 2.05) is 0 Å². The van der Waals surface area contributed by atoms with Crippen LogP contribution in [0.2, 0.25) is 0 Å². The maximum absolute atomic E-state index is 13.5.